The Labute approximate surface area is 187 Å². The van der Waals surface area contributed by atoms with Crippen molar-refractivity contribution in [1.29, 1.82) is 0 Å². The van der Waals surface area contributed by atoms with Crippen molar-refractivity contribution < 1.29 is 20.1 Å². The van der Waals surface area contributed by atoms with Crippen molar-refractivity contribution in [2.45, 2.75) is 20.8 Å². The molecule has 0 unspecified atom stereocenters. The maximum atomic E-state index is 10.8. The van der Waals surface area contributed by atoms with Gasteiger partial charge in [0.15, 0.2) is 0 Å². The summed E-state index contributed by atoms with van der Waals surface area (Å²) in [6.07, 6.45) is 0. The second kappa shape index (κ2) is 8.55. The second-order valence-corrected chi connectivity index (χ2v) is 7.76. The van der Waals surface area contributed by atoms with Crippen LogP contribution in [0.25, 0.3) is 0 Å². The number of benzene rings is 4. The summed E-state index contributed by atoms with van der Waals surface area (Å²) < 4.78 is 5.87. The van der Waals surface area contributed by atoms with E-state index >= 15 is 0 Å². The molecule has 4 rings (SSSR count). The predicted molar refractivity (Wildman–Crippen MR) is 127 cm³/mol. The molecule has 5 heteroatoms. The smallest absolute Gasteiger partial charge is 0.142 e. The van der Waals surface area contributed by atoms with Crippen LogP contribution >= 0.6 is 0 Å². The van der Waals surface area contributed by atoms with Gasteiger partial charge in [-0.05, 0) is 79.9 Å². The number of aryl methyl sites for hydroxylation is 3. The summed E-state index contributed by atoms with van der Waals surface area (Å²) in [5.41, 5.74) is 4.11. The zero-order chi connectivity index (χ0) is 22.8. The van der Waals surface area contributed by atoms with Crippen LogP contribution in [0.4, 0.5) is 17.1 Å². The highest BCUT2D eigenvalue weighted by Gasteiger charge is 2.20. The van der Waals surface area contributed by atoms with Crippen molar-refractivity contribution in [3.05, 3.63) is 95.6 Å². The van der Waals surface area contributed by atoms with Gasteiger partial charge in [0.1, 0.15) is 28.7 Å². The number of nitrogens with zero attached hydrogens (tertiary/aromatic N) is 1. The van der Waals surface area contributed by atoms with E-state index < -0.39 is 0 Å². The van der Waals surface area contributed by atoms with Crippen molar-refractivity contribution in [3.63, 3.8) is 0 Å². The standard InChI is InChI=1S/C27H25NO4/c1-17-10-13-22(16-25(17)29)32-21-14-11-20(12-15-21)28(23-8-4-6-18(2)26(23)30)24-9-5-7-19(3)27(24)31/h4-16,29-31H,1-3H3. The van der Waals surface area contributed by atoms with Crippen molar-refractivity contribution in [1.82, 2.24) is 0 Å². The van der Waals surface area contributed by atoms with E-state index in [1.165, 1.54) is 0 Å². The molecule has 0 amide bonds. The van der Waals surface area contributed by atoms with Crippen molar-refractivity contribution >= 4 is 17.1 Å². The fraction of sp³-hybridized carbons (Fsp3) is 0.111. The quantitative estimate of drug-likeness (QED) is 0.320. The summed E-state index contributed by atoms with van der Waals surface area (Å²) in [5, 5.41) is 31.5. The molecule has 4 aromatic rings. The molecule has 4 aromatic carbocycles. The van der Waals surface area contributed by atoms with E-state index in [-0.39, 0.29) is 17.2 Å². The summed E-state index contributed by atoms with van der Waals surface area (Å²) in [5.74, 6) is 1.59. The first kappa shape index (κ1) is 21.1. The van der Waals surface area contributed by atoms with E-state index in [4.69, 9.17) is 4.74 Å². The maximum Gasteiger partial charge on any atom is 0.142 e. The van der Waals surface area contributed by atoms with Crippen molar-refractivity contribution in [2.75, 3.05) is 4.90 Å². The Morgan fingerprint density at radius 3 is 1.66 bits per heavy atom. The van der Waals surface area contributed by atoms with Crippen molar-refractivity contribution in [3.8, 4) is 28.7 Å². The normalized spacial score (nSPS) is 10.7. The van der Waals surface area contributed by atoms with Gasteiger partial charge in [-0.2, -0.15) is 0 Å². The largest absolute Gasteiger partial charge is 0.508 e. The second-order valence-electron chi connectivity index (χ2n) is 7.76. The number of aromatic hydroxyl groups is 3. The maximum absolute atomic E-state index is 10.8. The van der Waals surface area contributed by atoms with Gasteiger partial charge in [0.05, 0.1) is 11.4 Å². The Balaban J connectivity index is 1.75. The Morgan fingerprint density at radius 1 is 0.594 bits per heavy atom. The molecule has 0 spiro atoms. The van der Waals surface area contributed by atoms with Gasteiger partial charge < -0.3 is 25.0 Å². The number of phenols is 3. The molecular weight excluding hydrogens is 402 g/mol. The summed E-state index contributed by atoms with van der Waals surface area (Å²) >= 11 is 0. The van der Waals surface area contributed by atoms with Crippen LogP contribution in [0, 0.1) is 20.8 Å². The van der Waals surface area contributed by atoms with Gasteiger partial charge in [-0.1, -0.05) is 30.3 Å². The minimum atomic E-state index is 0.142. The van der Waals surface area contributed by atoms with Crippen LogP contribution < -0.4 is 9.64 Å². The van der Waals surface area contributed by atoms with Gasteiger partial charge in [0.2, 0.25) is 0 Å². The van der Waals surface area contributed by atoms with E-state index in [1.54, 1.807) is 30.3 Å². The van der Waals surface area contributed by atoms with Gasteiger partial charge in [0.25, 0.3) is 0 Å². The van der Waals surface area contributed by atoms with E-state index in [2.05, 4.69) is 0 Å². The Morgan fingerprint density at radius 2 is 1.12 bits per heavy atom. The van der Waals surface area contributed by atoms with Gasteiger partial charge >= 0.3 is 0 Å². The minimum Gasteiger partial charge on any atom is -0.508 e. The highest BCUT2D eigenvalue weighted by molar-refractivity contribution is 5.84. The molecule has 0 aliphatic carbocycles. The number of rotatable bonds is 5. The van der Waals surface area contributed by atoms with E-state index in [9.17, 15) is 15.3 Å². The first-order chi connectivity index (χ1) is 15.3. The predicted octanol–water partition coefficient (Wildman–Crippen LogP) is 6.99. The lowest BCUT2D eigenvalue weighted by Gasteiger charge is -2.27. The van der Waals surface area contributed by atoms with E-state index in [1.807, 2.05) is 74.2 Å². The molecule has 0 bridgehead atoms. The fourth-order valence-electron chi connectivity index (χ4n) is 3.51. The average Bonchev–Trinajstić information content (AvgIpc) is 2.78. The monoisotopic (exact) mass is 427 g/mol. The van der Waals surface area contributed by atoms with Crippen LogP contribution in [-0.4, -0.2) is 15.3 Å². The van der Waals surface area contributed by atoms with Gasteiger partial charge in [0, 0.05) is 11.8 Å². The van der Waals surface area contributed by atoms with Crippen LogP contribution in [-0.2, 0) is 0 Å². The molecule has 0 fully saturated rings. The van der Waals surface area contributed by atoms with Crippen LogP contribution in [0.5, 0.6) is 28.7 Å². The highest BCUT2D eigenvalue weighted by atomic mass is 16.5. The molecule has 0 atom stereocenters. The van der Waals surface area contributed by atoms with Gasteiger partial charge in [-0.15, -0.1) is 0 Å². The number of ether oxygens (including phenoxy) is 1. The van der Waals surface area contributed by atoms with E-state index in [0.717, 1.165) is 22.4 Å². The minimum absolute atomic E-state index is 0.142. The number of hydrogen-bond acceptors (Lipinski definition) is 5. The number of anilines is 3. The lowest BCUT2D eigenvalue weighted by atomic mass is 10.1. The van der Waals surface area contributed by atoms with Crippen LogP contribution in [0.15, 0.2) is 78.9 Å². The summed E-state index contributed by atoms with van der Waals surface area (Å²) in [6, 6.07) is 23.5. The molecule has 3 N–H and O–H groups in total. The molecule has 0 aromatic heterocycles. The topological polar surface area (TPSA) is 73.2 Å². The lowest BCUT2D eigenvalue weighted by molar-refractivity contribution is 0.452. The fourth-order valence-corrected chi connectivity index (χ4v) is 3.51. The molecule has 0 saturated carbocycles. The molecule has 162 valence electrons. The average molecular weight is 428 g/mol. The Bertz CT molecular complexity index is 1210. The molecule has 0 aliphatic heterocycles. The molecule has 5 nitrogen and oxygen atoms in total. The van der Waals surface area contributed by atoms with E-state index in [0.29, 0.717) is 22.9 Å². The first-order valence-electron chi connectivity index (χ1n) is 10.3. The molecule has 0 saturated heterocycles. The SMILES string of the molecule is Cc1ccc(Oc2ccc(N(c3cccc(C)c3O)c3cccc(C)c3O)cc2)cc1O. The molecule has 0 radical (unpaired) electrons. The zero-order valence-electron chi connectivity index (χ0n) is 18.2. The third-order valence-corrected chi connectivity index (χ3v) is 5.43. The lowest BCUT2D eigenvalue weighted by Crippen LogP contribution is -2.11. The molecule has 0 heterocycles. The Kier molecular flexibility index (Phi) is 5.65. The zero-order valence-corrected chi connectivity index (χ0v) is 18.2. The third kappa shape index (κ3) is 4.05. The van der Waals surface area contributed by atoms with Gasteiger partial charge in [-0.3, -0.25) is 0 Å². The first-order valence-corrected chi connectivity index (χ1v) is 10.3. The van der Waals surface area contributed by atoms with Crippen LogP contribution in [0.3, 0.4) is 0 Å². The third-order valence-electron chi connectivity index (χ3n) is 5.43. The molecular formula is C27H25NO4. The highest BCUT2D eigenvalue weighted by Crippen LogP contribution is 2.45. The summed E-state index contributed by atoms with van der Waals surface area (Å²) in [6.45, 7) is 5.49. The number of phenolic OH excluding ortho intramolecular Hbond substituents is 3. The number of hydrogen-bond donors (Lipinski definition) is 3. The van der Waals surface area contributed by atoms with Crippen LogP contribution in [0.2, 0.25) is 0 Å². The van der Waals surface area contributed by atoms with Gasteiger partial charge in [-0.25, -0.2) is 0 Å². The van der Waals surface area contributed by atoms with Crippen molar-refractivity contribution in [2.24, 2.45) is 0 Å². The summed E-state index contributed by atoms with van der Waals surface area (Å²) in [7, 11) is 0. The number of para-hydroxylation sites is 2. The molecule has 32 heavy (non-hydrogen) atoms. The molecule has 0 aliphatic rings. The van der Waals surface area contributed by atoms with Crippen LogP contribution in [0.1, 0.15) is 16.7 Å². The summed E-state index contributed by atoms with van der Waals surface area (Å²) in [4.78, 5) is 1.81. The Hall–Kier alpha value is -4.12.